The fourth-order valence-corrected chi connectivity index (χ4v) is 2.70. The average Bonchev–Trinajstić information content (AvgIpc) is 2.61. The van der Waals surface area contributed by atoms with Gasteiger partial charge in [0.2, 0.25) is 0 Å². The Bertz CT molecular complexity index is 397. The molecule has 0 saturated heterocycles. The Kier molecular flexibility index (Phi) is 1.38. The molecule has 2 aliphatic rings. The lowest BCUT2D eigenvalue weighted by Gasteiger charge is -2.14. The van der Waals surface area contributed by atoms with Crippen molar-refractivity contribution in [3.05, 3.63) is 46.5 Å². The Morgan fingerprint density at radius 1 is 1.23 bits per heavy atom. The molecule has 0 aliphatic carbocycles. The number of hydrogen-bond acceptors (Lipinski definition) is 1. The smallest absolute Gasteiger partial charge is 0.0556 e. The SMILES string of the molecule is CN1C2C=CC1c1c(Cl)cccc12. The van der Waals surface area contributed by atoms with Gasteiger partial charge in [0.15, 0.2) is 0 Å². The average molecular weight is 192 g/mol. The van der Waals surface area contributed by atoms with Gasteiger partial charge in [-0.1, -0.05) is 35.9 Å². The summed E-state index contributed by atoms with van der Waals surface area (Å²) in [7, 11) is 2.14. The normalized spacial score (nSPS) is 29.7. The fraction of sp³-hybridized carbons (Fsp3) is 0.273. The maximum atomic E-state index is 6.17. The second-order valence-electron chi connectivity index (χ2n) is 3.68. The summed E-state index contributed by atoms with van der Waals surface area (Å²) in [6.07, 6.45) is 4.49. The van der Waals surface area contributed by atoms with Crippen LogP contribution in [0.25, 0.3) is 0 Å². The van der Waals surface area contributed by atoms with E-state index in [1.165, 1.54) is 11.1 Å². The lowest BCUT2D eigenvalue weighted by molar-refractivity contribution is 0.299. The molecule has 13 heavy (non-hydrogen) atoms. The van der Waals surface area contributed by atoms with Crippen LogP contribution in [0.15, 0.2) is 30.4 Å². The number of benzene rings is 1. The van der Waals surface area contributed by atoms with Crippen molar-refractivity contribution in [3.63, 3.8) is 0 Å². The van der Waals surface area contributed by atoms with Crippen molar-refractivity contribution in [3.8, 4) is 0 Å². The van der Waals surface area contributed by atoms with Crippen LogP contribution < -0.4 is 0 Å². The minimum atomic E-state index is 0.411. The molecule has 1 aromatic rings. The van der Waals surface area contributed by atoms with E-state index < -0.39 is 0 Å². The number of likely N-dealkylation sites (N-methyl/N-ethyl adjacent to an activating group) is 1. The van der Waals surface area contributed by atoms with E-state index in [0.717, 1.165) is 5.02 Å². The van der Waals surface area contributed by atoms with Gasteiger partial charge in [0.1, 0.15) is 0 Å². The van der Waals surface area contributed by atoms with E-state index in [0.29, 0.717) is 12.1 Å². The van der Waals surface area contributed by atoms with Crippen LogP contribution in [-0.2, 0) is 0 Å². The fourth-order valence-electron chi connectivity index (χ4n) is 2.40. The monoisotopic (exact) mass is 191 g/mol. The van der Waals surface area contributed by atoms with Crippen molar-refractivity contribution in [2.45, 2.75) is 12.1 Å². The third-order valence-corrected chi connectivity index (χ3v) is 3.38. The number of fused-ring (bicyclic) bond motifs is 5. The summed E-state index contributed by atoms with van der Waals surface area (Å²) in [5.74, 6) is 0. The molecule has 2 unspecified atom stereocenters. The molecule has 0 saturated carbocycles. The molecule has 66 valence electrons. The number of nitrogens with zero attached hydrogens (tertiary/aromatic N) is 1. The zero-order chi connectivity index (χ0) is 9.00. The van der Waals surface area contributed by atoms with Crippen LogP contribution in [0.4, 0.5) is 0 Å². The molecule has 3 rings (SSSR count). The molecule has 0 amide bonds. The Labute approximate surface area is 82.6 Å². The predicted molar refractivity (Wildman–Crippen MR) is 53.8 cm³/mol. The molecule has 0 N–H and O–H groups in total. The van der Waals surface area contributed by atoms with E-state index in [1.54, 1.807) is 0 Å². The number of rotatable bonds is 0. The molecule has 0 aromatic heterocycles. The standard InChI is InChI=1S/C11H10ClN/c1-13-9-5-6-10(13)11-7(9)3-2-4-8(11)12/h2-6,9-10H,1H3. The molecule has 0 fully saturated rings. The van der Waals surface area contributed by atoms with Crippen LogP contribution in [0, 0.1) is 0 Å². The predicted octanol–water partition coefficient (Wildman–Crippen LogP) is 2.94. The molecular weight excluding hydrogens is 182 g/mol. The van der Waals surface area contributed by atoms with Gasteiger partial charge in [-0.25, -0.2) is 0 Å². The molecule has 0 spiro atoms. The summed E-state index contributed by atoms with van der Waals surface area (Å²) in [5.41, 5.74) is 2.68. The van der Waals surface area contributed by atoms with Gasteiger partial charge < -0.3 is 0 Å². The van der Waals surface area contributed by atoms with E-state index in [9.17, 15) is 0 Å². The van der Waals surface area contributed by atoms with Gasteiger partial charge in [-0.05, 0) is 24.2 Å². The van der Waals surface area contributed by atoms with Gasteiger partial charge in [-0.2, -0.15) is 0 Å². The van der Waals surface area contributed by atoms with Crippen LogP contribution >= 0.6 is 11.6 Å². The second-order valence-corrected chi connectivity index (χ2v) is 4.09. The van der Waals surface area contributed by atoms with Crippen molar-refractivity contribution in [1.82, 2.24) is 4.90 Å². The van der Waals surface area contributed by atoms with Crippen LogP contribution in [0.1, 0.15) is 23.2 Å². The Morgan fingerprint density at radius 3 is 2.77 bits per heavy atom. The van der Waals surface area contributed by atoms with Gasteiger partial charge >= 0.3 is 0 Å². The first-order valence-electron chi connectivity index (χ1n) is 4.47. The highest BCUT2D eigenvalue weighted by molar-refractivity contribution is 6.31. The molecule has 1 nitrogen and oxygen atoms in total. The Morgan fingerprint density at radius 2 is 2.00 bits per heavy atom. The molecule has 1 aromatic carbocycles. The second kappa shape index (κ2) is 2.37. The first-order valence-corrected chi connectivity index (χ1v) is 4.85. The molecule has 2 bridgehead atoms. The van der Waals surface area contributed by atoms with Gasteiger partial charge in [0.05, 0.1) is 12.1 Å². The third kappa shape index (κ3) is 0.812. The largest absolute Gasteiger partial charge is 0.285 e. The topological polar surface area (TPSA) is 3.24 Å². The first kappa shape index (κ1) is 7.60. The summed E-state index contributed by atoms with van der Waals surface area (Å²) in [4.78, 5) is 2.34. The highest BCUT2D eigenvalue weighted by Gasteiger charge is 2.38. The van der Waals surface area contributed by atoms with E-state index in [4.69, 9.17) is 11.6 Å². The Hall–Kier alpha value is -0.790. The zero-order valence-corrected chi connectivity index (χ0v) is 8.12. The van der Waals surface area contributed by atoms with Crippen molar-refractivity contribution in [1.29, 1.82) is 0 Å². The quantitative estimate of drug-likeness (QED) is 0.570. The zero-order valence-electron chi connectivity index (χ0n) is 7.37. The van der Waals surface area contributed by atoms with Crippen LogP contribution in [0.3, 0.4) is 0 Å². The minimum absolute atomic E-state index is 0.411. The lowest BCUT2D eigenvalue weighted by atomic mass is 9.97. The summed E-state index contributed by atoms with van der Waals surface area (Å²) in [5, 5.41) is 0.904. The minimum Gasteiger partial charge on any atom is -0.285 e. The van der Waals surface area contributed by atoms with E-state index in [-0.39, 0.29) is 0 Å². The van der Waals surface area contributed by atoms with Gasteiger partial charge in [-0.3, -0.25) is 4.90 Å². The van der Waals surface area contributed by atoms with E-state index in [1.807, 2.05) is 12.1 Å². The van der Waals surface area contributed by atoms with Crippen molar-refractivity contribution < 1.29 is 0 Å². The van der Waals surface area contributed by atoms with Crippen molar-refractivity contribution in [2.75, 3.05) is 7.05 Å². The molecular formula is C11H10ClN. The van der Waals surface area contributed by atoms with Crippen molar-refractivity contribution in [2.24, 2.45) is 0 Å². The number of hydrogen-bond donors (Lipinski definition) is 0. The van der Waals surface area contributed by atoms with Crippen molar-refractivity contribution >= 4 is 11.6 Å². The van der Waals surface area contributed by atoms with Crippen LogP contribution in [0.5, 0.6) is 0 Å². The van der Waals surface area contributed by atoms with E-state index >= 15 is 0 Å². The van der Waals surface area contributed by atoms with Crippen LogP contribution in [-0.4, -0.2) is 11.9 Å². The van der Waals surface area contributed by atoms with Gasteiger partial charge in [0, 0.05) is 5.02 Å². The first-order chi connectivity index (χ1) is 6.29. The van der Waals surface area contributed by atoms with Crippen LogP contribution in [0.2, 0.25) is 5.02 Å². The van der Waals surface area contributed by atoms with E-state index in [2.05, 4.69) is 30.2 Å². The summed E-state index contributed by atoms with van der Waals surface area (Å²) >= 11 is 6.17. The summed E-state index contributed by atoms with van der Waals surface area (Å²) in [6.45, 7) is 0. The molecule has 2 heteroatoms. The summed E-state index contributed by atoms with van der Waals surface area (Å²) < 4.78 is 0. The Balaban J connectivity index is 2.28. The maximum Gasteiger partial charge on any atom is 0.0556 e. The van der Waals surface area contributed by atoms with Gasteiger partial charge in [-0.15, -0.1) is 0 Å². The molecule has 2 atom stereocenters. The number of halogens is 1. The summed E-state index contributed by atoms with van der Waals surface area (Å²) in [6, 6.07) is 7.05. The highest BCUT2D eigenvalue weighted by Crippen LogP contribution is 2.49. The molecule has 0 radical (unpaired) electrons. The lowest BCUT2D eigenvalue weighted by Crippen LogP contribution is -2.13. The highest BCUT2D eigenvalue weighted by atomic mass is 35.5. The molecule has 2 heterocycles. The molecule has 2 aliphatic heterocycles. The maximum absolute atomic E-state index is 6.17. The third-order valence-electron chi connectivity index (χ3n) is 3.05. The van der Waals surface area contributed by atoms with Gasteiger partial charge in [0.25, 0.3) is 0 Å².